The third kappa shape index (κ3) is 4.97. The van der Waals surface area contributed by atoms with Crippen molar-refractivity contribution >= 4 is 40.9 Å². The average molecular weight is 350 g/mol. The first-order valence-corrected chi connectivity index (χ1v) is 8.18. The van der Waals surface area contributed by atoms with Crippen molar-refractivity contribution in [3.05, 3.63) is 53.2 Å². The molecule has 23 heavy (non-hydrogen) atoms. The van der Waals surface area contributed by atoms with Gasteiger partial charge in [0, 0.05) is 31.5 Å². The zero-order valence-electron chi connectivity index (χ0n) is 12.7. The summed E-state index contributed by atoms with van der Waals surface area (Å²) in [6, 6.07) is 10.3. The van der Waals surface area contributed by atoms with Crippen LogP contribution in [0.4, 0.5) is 5.69 Å². The minimum Gasteiger partial charge on any atom is -0.345 e. The van der Waals surface area contributed by atoms with Crippen molar-refractivity contribution in [2.24, 2.45) is 0 Å². The van der Waals surface area contributed by atoms with Gasteiger partial charge < -0.3 is 10.2 Å². The zero-order valence-corrected chi connectivity index (χ0v) is 14.3. The van der Waals surface area contributed by atoms with Gasteiger partial charge in [0.25, 0.3) is 5.91 Å². The highest BCUT2D eigenvalue weighted by Gasteiger charge is 2.10. The normalized spacial score (nSPS) is 10.2. The van der Waals surface area contributed by atoms with Gasteiger partial charge >= 0.3 is 0 Å². The maximum absolute atomic E-state index is 12.0. The van der Waals surface area contributed by atoms with Gasteiger partial charge in [-0.3, -0.25) is 9.59 Å². The quantitative estimate of drug-likeness (QED) is 0.842. The van der Waals surface area contributed by atoms with Gasteiger partial charge in [0.05, 0.1) is 10.8 Å². The van der Waals surface area contributed by atoms with Crippen molar-refractivity contribution in [1.82, 2.24) is 9.88 Å². The van der Waals surface area contributed by atoms with Gasteiger partial charge in [-0.1, -0.05) is 29.4 Å². The molecule has 0 radical (unpaired) electrons. The van der Waals surface area contributed by atoms with Crippen molar-refractivity contribution in [1.29, 1.82) is 0 Å². The van der Waals surface area contributed by atoms with Crippen molar-refractivity contribution in [3.8, 4) is 0 Å². The van der Waals surface area contributed by atoms with Crippen molar-refractivity contribution in [2.45, 2.75) is 5.03 Å². The van der Waals surface area contributed by atoms with E-state index >= 15 is 0 Å². The molecule has 120 valence electrons. The van der Waals surface area contributed by atoms with Gasteiger partial charge in [-0.2, -0.15) is 0 Å². The molecule has 0 saturated heterocycles. The number of pyridine rings is 1. The number of nitrogens with zero attached hydrogens (tertiary/aromatic N) is 2. The largest absolute Gasteiger partial charge is 0.345 e. The van der Waals surface area contributed by atoms with Crippen molar-refractivity contribution in [3.63, 3.8) is 0 Å². The third-order valence-corrected chi connectivity index (χ3v) is 4.29. The molecule has 7 heteroatoms. The Hall–Kier alpha value is -2.05. The smallest absolute Gasteiger partial charge is 0.253 e. The highest BCUT2D eigenvalue weighted by Crippen LogP contribution is 2.24. The number of halogens is 1. The Kier molecular flexibility index (Phi) is 6.01. The minimum atomic E-state index is -0.189. The van der Waals surface area contributed by atoms with Crippen LogP contribution in [0.15, 0.2) is 47.6 Å². The summed E-state index contributed by atoms with van der Waals surface area (Å²) in [5.41, 5.74) is 1.10. The van der Waals surface area contributed by atoms with Gasteiger partial charge in [-0.15, -0.1) is 0 Å². The third-order valence-electron chi connectivity index (χ3n) is 2.86. The lowest BCUT2D eigenvalue weighted by Crippen LogP contribution is -2.22. The minimum absolute atomic E-state index is 0.115. The number of nitrogens with one attached hydrogen (secondary N) is 1. The number of carbonyl (C=O) groups is 2. The fraction of sp³-hybridized carbons (Fsp3) is 0.188. The maximum Gasteiger partial charge on any atom is 0.253 e. The van der Waals surface area contributed by atoms with Gasteiger partial charge in [-0.05, 0) is 30.3 Å². The first-order valence-electron chi connectivity index (χ1n) is 6.82. The Morgan fingerprint density at radius 3 is 2.74 bits per heavy atom. The average Bonchev–Trinajstić information content (AvgIpc) is 2.53. The van der Waals surface area contributed by atoms with E-state index in [-0.39, 0.29) is 17.6 Å². The molecule has 0 fully saturated rings. The van der Waals surface area contributed by atoms with E-state index in [0.29, 0.717) is 21.3 Å². The molecular weight excluding hydrogens is 334 g/mol. The van der Waals surface area contributed by atoms with Crippen LogP contribution in [0.3, 0.4) is 0 Å². The van der Waals surface area contributed by atoms with Crippen LogP contribution in [0.5, 0.6) is 0 Å². The molecular formula is C16H16ClN3O2S. The van der Waals surface area contributed by atoms with E-state index in [9.17, 15) is 9.59 Å². The molecule has 2 rings (SSSR count). The molecule has 0 aliphatic heterocycles. The molecule has 1 heterocycles. The van der Waals surface area contributed by atoms with Crippen LogP contribution in [-0.4, -0.2) is 41.5 Å². The topological polar surface area (TPSA) is 62.3 Å². The fourth-order valence-corrected chi connectivity index (χ4v) is 2.76. The summed E-state index contributed by atoms with van der Waals surface area (Å²) >= 11 is 7.26. The molecule has 0 saturated carbocycles. The van der Waals surface area contributed by atoms with E-state index < -0.39 is 0 Å². The molecule has 2 aromatic rings. The van der Waals surface area contributed by atoms with Gasteiger partial charge in [-0.25, -0.2) is 4.98 Å². The van der Waals surface area contributed by atoms with Crippen LogP contribution < -0.4 is 5.32 Å². The summed E-state index contributed by atoms with van der Waals surface area (Å²) in [7, 11) is 3.36. The predicted molar refractivity (Wildman–Crippen MR) is 93.1 cm³/mol. The number of thioether (sulfide) groups is 1. The number of anilines is 1. The summed E-state index contributed by atoms with van der Waals surface area (Å²) in [6.07, 6.45) is 1.63. The Balaban J connectivity index is 1.97. The van der Waals surface area contributed by atoms with E-state index in [1.54, 1.807) is 56.7 Å². The molecule has 1 N–H and O–H groups in total. The number of benzene rings is 1. The molecule has 1 aromatic heterocycles. The summed E-state index contributed by atoms with van der Waals surface area (Å²) in [6.45, 7) is 0. The lowest BCUT2D eigenvalue weighted by atomic mass is 10.2. The van der Waals surface area contributed by atoms with Crippen LogP contribution in [0, 0.1) is 0 Å². The Morgan fingerprint density at radius 2 is 2.04 bits per heavy atom. The SMILES string of the molecule is CN(C)C(=O)c1cccc(NC(=O)CSc2ncccc2Cl)c1. The molecule has 0 unspecified atom stereocenters. The lowest BCUT2D eigenvalue weighted by molar-refractivity contribution is -0.113. The molecule has 5 nitrogen and oxygen atoms in total. The number of amides is 2. The Bertz CT molecular complexity index is 722. The Morgan fingerprint density at radius 1 is 1.26 bits per heavy atom. The number of hydrogen-bond donors (Lipinski definition) is 1. The van der Waals surface area contributed by atoms with Crippen LogP contribution in [0.2, 0.25) is 5.02 Å². The summed E-state index contributed by atoms with van der Waals surface area (Å²) in [4.78, 5) is 29.5. The maximum atomic E-state index is 12.0. The van der Waals surface area contributed by atoms with Gasteiger partial charge in [0.1, 0.15) is 5.03 Å². The number of hydrogen-bond acceptors (Lipinski definition) is 4. The highest BCUT2D eigenvalue weighted by atomic mass is 35.5. The van der Waals surface area contributed by atoms with Gasteiger partial charge in [0.2, 0.25) is 5.91 Å². The second-order valence-corrected chi connectivity index (χ2v) is 6.28. The van der Waals surface area contributed by atoms with E-state index in [4.69, 9.17) is 11.6 Å². The van der Waals surface area contributed by atoms with E-state index in [1.165, 1.54) is 16.7 Å². The van der Waals surface area contributed by atoms with Crippen molar-refractivity contribution in [2.75, 3.05) is 25.2 Å². The van der Waals surface area contributed by atoms with Gasteiger partial charge in [0.15, 0.2) is 0 Å². The summed E-state index contributed by atoms with van der Waals surface area (Å²) in [5.74, 6) is -0.121. The molecule has 0 bridgehead atoms. The second kappa shape index (κ2) is 7.99. The first-order chi connectivity index (χ1) is 11.0. The van der Waals surface area contributed by atoms with Crippen LogP contribution in [0.25, 0.3) is 0 Å². The first kappa shape index (κ1) is 17.3. The summed E-state index contributed by atoms with van der Waals surface area (Å²) < 4.78 is 0. The van der Waals surface area contributed by atoms with E-state index in [2.05, 4.69) is 10.3 Å². The monoisotopic (exact) mass is 349 g/mol. The van der Waals surface area contributed by atoms with Crippen LogP contribution in [-0.2, 0) is 4.79 Å². The Labute approximate surface area is 144 Å². The number of carbonyl (C=O) groups excluding carboxylic acids is 2. The molecule has 1 aromatic carbocycles. The molecule has 0 spiro atoms. The fourth-order valence-electron chi connectivity index (χ4n) is 1.80. The second-order valence-electron chi connectivity index (χ2n) is 4.91. The molecule has 0 atom stereocenters. The predicted octanol–water partition coefficient (Wildman–Crippen LogP) is 3.17. The van der Waals surface area contributed by atoms with Crippen LogP contribution in [0.1, 0.15) is 10.4 Å². The number of rotatable bonds is 5. The van der Waals surface area contributed by atoms with E-state index in [1.807, 2.05) is 0 Å². The summed E-state index contributed by atoms with van der Waals surface area (Å²) in [5, 5.41) is 3.89. The molecule has 2 amide bonds. The molecule has 0 aliphatic carbocycles. The van der Waals surface area contributed by atoms with E-state index in [0.717, 1.165) is 0 Å². The van der Waals surface area contributed by atoms with Crippen molar-refractivity contribution < 1.29 is 9.59 Å². The van der Waals surface area contributed by atoms with Crippen LogP contribution >= 0.6 is 23.4 Å². The standard InChI is InChI=1S/C16H16ClN3O2S/c1-20(2)16(22)11-5-3-6-12(9-11)19-14(21)10-23-15-13(17)7-4-8-18-15/h3-9H,10H2,1-2H3,(H,19,21). The zero-order chi connectivity index (χ0) is 16.8. The number of aromatic nitrogens is 1. The lowest BCUT2D eigenvalue weighted by Gasteiger charge is -2.11. The molecule has 0 aliphatic rings. The highest BCUT2D eigenvalue weighted by molar-refractivity contribution is 8.00.